The van der Waals surface area contributed by atoms with Gasteiger partial charge < -0.3 is 15.6 Å². The molecule has 0 aromatic heterocycles. The molecule has 13 heavy (non-hydrogen) atoms. The second kappa shape index (κ2) is 4.56. The largest absolute Gasteiger partial charge is 0.478 e. The van der Waals surface area contributed by atoms with Gasteiger partial charge in [-0.15, -0.1) is 0 Å². The van der Waals surface area contributed by atoms with E-state index in [-0.39, 0.29) is 0 Å². The van der Waals surface area contributed by atoms with Crippen molar-refractivity contribution in [2.24, 2.45) is 5.73 Å². The lowest BCUT2D eigenvalue weighted by atomic mass is 10.2. The van der Waals surface area contributed by atoms with Crippen molar-refractivity contribution in [1.82, 2.24) is 0 Å². The van der Waals surface area contributed by atoms with Gasteiger partial charge in [-0.2, -0.15) is 0 Å². The number of aliphatic carboxylic acids is 1. The van der Waals surface area contributed by atoms with Crippen LogP contribution in [0.2, 0.25) is 0 Å². The molecule has 6 heteroatoms. The number of carboxylic acid groups (broad SMARTS) is 1. The molecule has 0 aliphatic carbocycles. The number of ketones is 1. The van der Waals surface area contributed by atoms with E-state index in [4.69, 9.17) is 10.8 Å². The maximum atomic E-state index is 10.8. The lowest BCUT2D eigenvalue weighted by Crippen LogP contribution is -2.39. The van der Waals surface area contributed by atoms with E-state index >= 15 is 0 Å². The van der Waals surface area contributed by atoms with Crippen LogP contribution in [0.1, 0.15) is 13.8 Å². The Morgan fingerprint density at radius 3 is 2.08 bits per heavy atom. The molecule has 0 fully saturated rings. The fraction of sp³-hybridized carbons (Fsp3) is 0.571. The van der Waals surface area contributed by atoms with Gasteiger partial charge >= 0.3 is 11.9 Å². The zero-order valence-corrected chi connectivity index (χ0v) is 7.31. The third-order valence-electron chi connectivity index (χ3n) is 1.20. The van der Waals surface area contributed by atoms with Crippen LogP contribution in [0.4, 0.5) is 0 Å². The Balaban J connectivity index is 4.36. The third-order valence-corrected chi connectivity index (χ3v) is 1.20. The maximum absolute atomic E-state index is 10.8. The van der Waals surface area contributed by atoms with Crippen molar-refractivity contribution in [3.63, 3.8) is 0 Å². The minimum absolute atomic E-state index is 0.749. The lowest BCUT2D eigenvalue weighted by Gasteiger charge is -2.11. The highest BCUT2D eigenvalue weighted by Crippen LogP contribution is 1.97. The molecule has 0 saturated carbocycles. The molecule has 74 valence electrons. The van der Waals surface area contributed by atoms with Gasteiger partial charge in [0.2, 0.25) is 0 Å². The Bertz CT molecular complexity index is 221. The Labute approximate surface area is 74.7 Å². The standard InChI is InChI=1S/C7H11NO5/c1-3(8)7(12)13-5(4(2)9)6(10)11/h3,5H,8H2,1-2H3,(H,10,11). The van der Waals surface area contributed by atoms with E-state index in [2.05, 4.69) is 4.74 Å². The van der Waals surface area contributed by atoms with Gasteiger partial charge in [0.05, 0.1) is 0 Å². The number of nitrogens with two attached hydrogens (primary N) is 1. The highest BCUT2D eigenvalue weighted by atomic mass is 16.6. The summed E-state index contributed by atoms with van der Waals surface area (Å²) in [7, 11) is 0. The summed E-state index contributed by atoms with van der Waals surface area (Å²) in [5.41, 5.74) is 5.11. The van der Waals surface area contributed by atoms with E-state index < -0.39 is 29.9 Å². The zero-order chi connectivity index (χ0) is 10.6. The van der Waals surface area contributed by atoms with Crippen LogP contribution in [0.3, 0.4) is 0 Å². The molecule has 0 aromatic carbocycles. The van der Waals surface area contributed by atoms with Crippen molar-refractivity contribution in [3.8, 4) is 0 Å². The van der Waals surface area contributed by atoms with E-state index in [0.717, 1.165) is 6.92 Å². The van der Waals surface area contributed by atoms with Crippen molar-refractivity contribution < 1.29 is 24.2 Å². The van der Waals surface area contributed by atoms with Gasteiger partial charge in [-0.05, 0) is 13.8 Å². The van der Waals surface area contributed by atoms with E-state index in [1.165, 1.54) is 6.92 Å². The Morgan fingerprint density at radius 1 is 1.38 bits per heavy atom. The van der Waals surface area contributed by atoms with E-state index in [9.17, 15) is 14.4 Å². The van der Waals surface area contributed by atoms with Crippen LogP contribution >= 0.6 is 0 Å². The SMILES string of the molecule is CC(=O)C(OC(=O)C(C)N)C(=O)O. The van der Waals surface area contributed by atoms with Crippen molar-refractivity contribution >= 4 is 17.7 Å². The number of carbonyl (C=O) groups excluding carboxylic acids is 2. The minimum Gasteiger partial charge on any atom is -0.478 e. The molecular weight excluding hydrogens is 178 g/mol. The lowest BCUT2D eigenvalue weighted by molar-refractivity contribution is -0.167. The molecule has 0 aliphatic rings. The predicted octanol–water partition coefficient (Wildman–Crippen LogP) is -1.08. The Morgan fingerprint density at radius 2 is 1.85 bits per heavy atom. The number of esters is 1. The number of rotatable bonds is 4. The molecule has 6 nitrogen and oxygen atoms in total. The number of hydrogen-bond donors (Lipinski definition) is 2. The van der Waals surface area contributed by atoms with Crippen molar-refractivity contribution in [3.05, 3.63) is 0 Å². The summed E-state index contributed by atoms with van der Waals surface area (Å²) in [4.78, 5) is 31.8. The number of carboxylic acids is 1. The van der Waals surface area contributed by atoms with Crippen LogP contribution in [0.25, 0.3) is 0 Å². The first-order valence-corrected chi connectivity index (χ1v) is 3.55. The van der Waals surface area contributed by atoms with Gasteiger partial charge in [0, 0.05) is 0 Å². The molecule has 0 bridgehead atoms. The molecule has 0 aliphatic heterocycles. The topological polar surface area (TPSA) is 107 Å². The fourth-order valence-corrected chi connectivity index (χ4v) is 0.531. The van der Waals surface area contributed by atoms with Gasteiger partial charge in [0.25, 0.3) is 6.10 Å². The van der Waals surface area contributed by atoms with Crippen molar-refractivity contribution in [2.45, 2.75) is 26.0 Å². The van der Waals surface area contributed by atoms with Crippen LogP contribution in [0.15, 0.2) is 0 Å². The second-order valence-electron chi connectivity index (χ2n) is 2.55. The van der Waals surface area contributed by atoms with Crippen molar-refractivity contribution in [2.75, 3.05) is 0 Å². The molecule has 2 unspecified atom stereocenters. The number of ether oxygens (including phenoxy) is 1. The average Bonchev–Trinajstić information content (AvgIpc) is 1.97. The van der Waals surface area contributed by atoms with Gasteiger partial charge in [-0.1, -0.05) is 0 Å². The zero-order valence-electron chi connectivity index (χ0n) is 7.31. The average molecular weight is 189 g/mol. The smallest absolute Gasteiger partial charge is 0.352 e. The first kappa shape index (κ1) is 11.6. The monoisotopic (exact) mass is 189 g/mol. The quantitative estimate of drug-likeness (QED) is 0.430. The summed E-state index contributed by atoms with van der Waals surface area (Å²) in [6, 6.07) is -0.943. The van der Waals surface area contributed by atoms with Gasteiger partial charge in [-0.25, -0.2) is 4.79 Å². The van der Waals surface area contributed by atoms with Gasteiger partial charge in [-0.3, -0.25) is 9.59 Å². The highest BCUT2D eigenvalue weighted by Gasteiger charge is 2.27. The molecule has 0 saturated heterocycles. The maximum Gasteiger partial charge on any atom is 0.352 e. The number of hydrogen-bond acceptors (Lipinski definition) is 5. The van der Waals surface area contributed by atoms with E-state index in [1.807, 2.05) is 0 Å². The molecular formula is C7H11NO5. The van der Waals surface area contributed by atoms with Crippen molar-refractivity contribution in [1.29, 1.82) is 0 Å². The summed E-state index contributed by atoms with van der Waals surface area (Å²) >= 11 is 0. The normalized spacial score (nSPS) is 14.4. The van der Waals surface area contributed by atoms with Crippen LogP contribution in [0, 0.1) is 0 Å². The summed E-state index contributed by atoms with van der Waals surface area (Å²) in [5.74, 6) is -3.16. The summed E-state index contributed by atoms with van der Waals surface area (Å²) < 4.78 is 4.32. The molecule has 0 amide bonds. The van der Waals surface area contributed by atoms with Crippen LogP contribution in [-0.4, -0.2) is 35.0 Å². The van der Waals surface area contributed by atoms with Crippen LogP contribution < -0.4 is 5.73 Å². The summed E-state index contributed by atoms with van der Waals surface area (Å²) in [6.07, 6.45) is -1.75. The Kier molecular flexibility index (Phi) is 4.06. The summed E-state index contributed by atoms with van der Waals surface area (Å²) in [5, 5.41) is 8.44. The first-order valence-electron chi connectivity index (χ1n) is 3.55. The van der Waals surface area contributed by atoms with Crippen LogP contribution in [0.5, 0.6) is 0 Å². The molecule has 3 N–H and O–H groups in total. The van der Waals surface area contributed by atoms with E-state index in [0.29, 0.717) is 0 Å². The molecule has 0 spiro atoms. The minimum atomic E-state index is -1.75. The molecule has 0 radical (unpaired) electrons. The fourth-order valence-electron chi connectivity index (χ4n) is 0.531. The summed E-state index contributed by atoms with van der Waals surface area (Å²) in [6.45, 7) is 2.36. The second-order valence-corrected chi connectivity index (χ2v) is 2.55. The van der Waals surface area contributed by atoms with Crippen LogP contribution in [-0.2, 0) is 19.1 Å². The molecule has 2 atom stereocenters. The highest BCUT2D eigenvalue weighted by molar-refractivity contribution is 6.01. The number of carbonyl (C=O) groups is 3. The number of Topliss-reactive ketones (excluding diaryl/α,β-unsaturated/α-hetero) is 1. The van der Waals surface area contributed by atoms with E-state index in [1.54, 1.807) is 0 Å². The third kappa shape index (κ3) is 3.66. The predicted molar refractivity (Wildman–Crippen MR) is 41.8 cm³/mol. The molecule has 0 heterocycles. The molecule has 0 rings (SSSR count). The molecule has 0 aromatic rings. The van der Waals surface area contributed by atoms with Gasteiger partial charge in [0.1, 0.15) is 6.04 Å². The van der Waals surface area contributed by atoms with Gasteiger partial charge in [0.15, 0.2) is 5.78 Å². The Hall–Kier alpha value is -1.43. The first-order chi connectivity index (χ1) is 5.86.